The van der Waals surface area contributed by atoms with Crippen LogP contribution in [0.15, 0.2) is 36.2 Å². The van der Waals surface area contributed by atoms with Gasteiger partial charge in [-0.25, -0.2) is 18.4 Å². The van der Waals surface area contributed by atoms with Crippen molar-refractivity contribution in [1.29, 1.82) is 0 Å². The molecule has 3 fully saturated rings. The van der Waals surface area contributed by atoms with Crippen LogP contribution >= 0.6 is 11.3 Å². The number of benzene rings is 1. The summed E-state index contributed by atoms with van der Waals surface area (Å²) in [5.74, 6) is -0.146. The van der Waals surface area contributed by atoms with Crippen LogP contribution in [0.4, 0.5) is 0 Å². The average molecular weight is 668 g/mol. The summed E-state index contributed by atoms with van der Waals surface area (Å²) < 4.78 is 39.1. The quantitative estimate of drug-likeness (QED) is 0.256. The molecule has 0 radical (unpaired) electrons. The van der Waals surface area contributed by atoms with Gasteiger partial charge in [0.05, 0.1) is 29.1 Å². The average Bonchev–Trinajstić information content (AvgIpc) is 3.82. The van der Waals surface area contributed by atoms with E-state index in [1.54, 1.807) is 20.1 Å². The molecule has 3 aromatic rings. The number of ether oxygens (including phenoxy) is 2. The zero-order valence-corrected chi connectivity index (χ0v) is 28.6. The Morgan fingerprint density at radius 2 is 1.96 bits per heavy atom. The number of hydrogen-bond acceptors (Lipinski definition) is 10. The zero-order valence-electron chi connectivity index (χ0n) is 27.0. The number of aryl methyl sites for hydroxylation is 1. The van der Waals surface area contributed by atoms with Gasteiger partial charge in [0.1, 0.15) is 33.8 Å². The molecule has 6 rings (SSSR count). The van der Waals surface area contributed by atoms with Crippen LogP contribution in [0.2, 0.25) is 0 Å². The summed E-state index contributed by atoms with van der Waals surface area (Å²) in [6.45, 7) is 13.9. The molecular formula is C33H41N5O6S2. The molecule has 5 atom stereocenters. The van der Waals surface area contributed by atoms with E-state index < -0.39 is 38.2 Å². The summed E-state index contributed by atoms with van der Waals surface area (Å²) in [6.07, 6.45) is 2.47. The second-order valence-corrected chi connectivity index (χ2v) is 16.4. The fourth-order valence-electron chi connectivity index (χ4n) is 6.06. The minimum absolute atomic E-state index is 0.282. The predicted molar refractivity (Wildman–Crippen MR) is 177 cm³/mol. The first kappa shape index (κ1) is 32.4. The maximum absolute atomic E-state index is 13.7. The number of aromatic nitrogens is 2. The summed E-state index contributed by atoms with van der Waals surface area (Å²) in [5, 5.41) is 9.78. The number of pyridine rings is 1. The van der Waals surface area contributed by atoms with E-state index in [1.807, 2.05) is 37.4 Å². The maximum Gasteiger partial charge on any atom is 0.259 e. The Hall–Kier alpha value is -3.55. The molecule has 0 unspecified atom stereocenters. The summed E-state index contributed by atoms with van der Waals surface area (Å²) in [7, 11) is -2.23. The minimum Gasteiger partial charge on any atom is -0.496 e. The Balaban J connectivity index is 1.23. The van der Waals surface area contributed by atoms with E-state index >= 15 is 0 Å². The first-order chi connectivity index (χ1) is 21.7. The van der Waals surface area contributed by atoms with Crippen molar-refractivity contribution in [1.82, 2.24) is 25.3 Å². The molecule has 0 bridgehead atoms. The molecule has 2 amide bonds. The Labute approximate surface area is 273 Å². The van der Waals surface area contributed by atoms with Crippen LogP contribution in [-0.4, -0.2) is 66.3 Å². The number of amides is 2. The van der Waals surface area contributed by atoms with E-state index in [9.17, 15) is 18.0 Å². The number of nitrogens with one attached hydrogen (secondary N) is 3. The van der Waals surface area contributed by atoms with Crippen LogP contribution in [0.25, 0.3) is 21.6 Å². The minimum atomic E-state index is -3.86. The summed E-state index contributed by atoms with van der Waals surface area (Å²) >= 11 is 1.53. The molecule has 246 valence electrons. The van der Waals surface area contributed by atoms with Crippen molar-refractivity contribution in [3.63, 3.8) is 0 Å². The van der Waals surface area contributed by atoms with Crippen LogP contribution in [-0.2, 0) is 19.6 Å². The first-order valence-electron chi connectivity index (χ1n) is 15.6. The van der Waals surface area contributed by atoms with Gasteiger partial charge < -0.3 is 20.1 Å². The van der Waals surface area contributed by atoms with Gasteiger partial charge in [0.15, 0.2) is 0 Å². The van der Waals surface area contributed by atoms with Crippen LogP contribution in [0.3, 0.4) is 0 Å². The van der Waals surface area contributed by atoms with Gasteiger partial charge in [0.2, 0.25) is 15.9 Å². The third-order valence-electron chi connectivity index (χ3n) is 9.79. The molecule has 2 aliphatic carbocycles. The molecule has 3 N–H and O–H groups in total. The second-order valence-electron chi connectivity index (χ2n) is 13.3. The van der Waals surface area contributed by atoms with Crippen LogP contribution in [0, 0.1) is 18.8 Å². The SMILES string of the molecule is C=C[C@@H]1C[C@]1(NC(=O)[C@H]1NC[C@H](Oc2cc(-c3nc(C(C)C)cs3)nc3c(C)c(OC)ccc23)[C@@H]1C)C(=O)NS(=O)(=O)C1(C)CC1. The first-order valence-corrected chi connectivity index (χ1v) is 18.0. The fourth-order valence-corrected chi connectivity index (χ4v) is 8.31. The Bertz CT molecular complexity index is 1830. The summed E-state index contributed by atoms with van der Waals surface area (Å²) in [6, 6.07) is 5.04. The number of fused-ring (bicyclic) bond motifs is 1. The van der Waals surface area contributed by atoms with Crippen molar-refractivity contribution >= 4 is 44.1 Å². The molecule has 1 aromatic carbocycles. The van der Waals surface area contributed by atoms with Gasteiger partial charge in [-0.05, 0) is 51.2 Å². The normalized spacial score (nSPS) is 26.5. The van der Waals surface area contributed by atoms with Crippen molar-refractivity contribution < 1.29 is 27.5 Å². The Kier molecular flexibility index (Phi) is 8.17. The van der Waals surface area contributed by atoms with Crippen molar-refractivity contribution in [2.24, 2.45) is 11.8 Å². The highest BCUT2D eigenvalue weighted by Gasteiger charge is 2.62. The number of carbonyl (C=O) groups is 2. The van der Waals surface area contributed by atoms with E-state index in [2.05, 4.69) is 35.8 Å². The van der Waals surface area contributed by atoms with Crippen LogP contribution in [0.1, 0.15) is 64.1 Å². The van der Waals surface area contributed by atoms with Crippen molar-refractivity contribution in [3.05, 3.63) is 47.5 Å². The van der Waals surface area contributed by atoms with E-state index in [1.165, 1.54) is 11.3 Å². The van der Waals surface area contributed by atoms with Crippen molar-refractivity contribution in [2.75, 3.05) is 13.7 Å². The third-order valence-corrected chi connectivity index (χ3v) is 12.8. The van der Waals surface area contributed by atoms with E-state index in [4.69, 9.17) is 19.4 Å². The standard InChI is InChI=1S/C33H41N5O6S2/c1-8-20-14-33(20,31(40)38-46(41,42)32(6)11-12-32)37-29(39)28-19(5)26(15-34-28)44-25-13-22(30-36-23(16-45-30)17(2)3)35-27-18(4)24(43-7)10-9-21(25)27/h8-10,13,16-17,19-20,26,28,34H,1,11-12,14-15H2,2-7H3,(H,37,39)(H,38,40)/t19-,20+,26-,28-,33+/m0/s1. The van der Waals surface area contributed by atoms with E-state index in [-0.39, 0.29) is 30.3 Å². The second kappa shape index (κ2) is 11.6. The lowest BCUT2D eigenvalue weighted by Crippen LogP contribution is -2.57. The van der Waals surface area contributed by atoms with Crippen molar-refractivity contribution in [3.8, 4) is 22.2 Å². The highest BCUT2D eigenvalue weighted by atomic mass is 32.2. The molecule has 3 aliphatic rings. The lowest BCUT2D eigenvalue weighted by atomic mass is 9.99. The number of nitrogens with zero attached hydrogens (tertiary/aromatic N) is 2. The smallest absolute Gasteiger partial charge is 0.259 e. The largest absolute Gasteiger partial charge is 0.496 e. The zero-order chi connectivity index (χ0) is 33.2. The number of hydrogen-bond donors (Lipinski definition) is 3. The van der Waals surface area contributed by atoms with Crippen LogP contribution < -0.4 is 24.8 Å². The van der Waals surface area contributed by atoms with Gasteiger partial charge in [0.25, 0.3) is 5.91 Å². The van der Waals surface area contributed by atoms with Crippen molar-refractivity contribution in [2.45, 2.75) is 82.2 Å². The number of rotatable bonds is 11. The summed E-state index contributed by atoms with van der Waals surface area (Å²) in [5.41, 5.74) is 1.95. The number of thiazole rings is 1. The van der Waals surface area contributed by atoms with Gasteiger partial charge in [-0.2, -0.15) is 0 Å². The number of carbonyl (C=O) groups excluding carboxylic acids is 2. The summed E-state index contributed by atoms with van der Waals surface area (Å²) in [4.78, 5) is 36.7. The van der Waals surface area contributed by atoms with Gasteiger partial charge >= 0.3 is 0 Å². The molecule has 2 saturated carbocycles. The predicted octanol–water partition coefficient (Wildman–Crippen LogP) is 4.21. The van der Waals surface area contributed by atoms with Gasteiger partial charge in [-0.3, -0.25) is 14.3 Å². The monoisotopic (exact) mass is 667 g/mol. The third kappa shape index (κ3) is 5.56. The van der Waals surface area contributed by atoms with Gasteiger partial charge in [-0.1, -0.05) is 26.8 Å². The molecular weight excluding hydrogens is 627 g/mol. The molecule has 1 aliphatic heterocycles. The highest BCUT2D eigenvalue weighted by Crippen LogP contribution is 2.47. The van der Waals surface area contributed by atoms with Gasteiger partial charge in [0, 0.05) is 40.8 Å². The molecule has 13 heteroatoms. The molecule has 3 heterocycles. The number of sulfonamides is 1. The van der Waals surface area contributed by atoms with Gasteiger partial charge in [-0.15, -0.1) is 17.9 Å². The maximum atomic E-state index is 13.7. The molecule has 46 heavy (non-hydrogen) atoms. The fraction of sp³-hybridized carbons (Fsp3) is 0.515. The van der Waals surface area contributed by atoms with Crippen LogP contribution in [0.5, 0.6) is 11.5 Å². The lowest BCUT2D eigenvalue weighted by Gasteiger charge is -2.25. The highest BCUT2D eigenvalue weighted by molar-refractivity contribution is 7.91. The number of methoxy groups -OCH3 is 1. The molecule has 0 spiro atoms. The molecule has 11 nitrogen and oxygen atoms in total. The Morgan fingerprint density at radius 3 is 2.57 bits per heavy atom. The topological polar surface area (TPSA) is 149 Å². The molecule has 2 aromatic heterocycles. The van der Waals surface area contributed by atoms with E-state index in [0.29, 0.717) is 36.6 Å². The Morgan fingerprint density at radius 1 is 1.22 bits per heavy atom. The lowest BCUT2D eigenvalue weighted by molar-refractivity contribution is -0.130. The van der Waals surface area contributed by atoms with E-state index in [0.717, 1.165) is 27.2 Å². The molecule has 1 saturated heterocycles.